The Bertz CT molecular complexity index is 805. The summed E-state index contributed by atoms with van der Waals surface area (Å²) in [7, 11) is 1.66. The molecule has 0 spiro atoms. The number of benzene rings is 2. The minimum Gasteiger partial charge on any atom is -0.380 e. The number of rotatable bonds is 6. The zero-order valence-electron chi connectivity index (χ0n) is 14.6. The van der Waals surface area contributed by atoms with Crippen LogP contribution in [-0.2, 0) is 22.7 Å². The second-order valence-corrected chi connectivity index (χ2v) is 6.68. The largest absolute Gasteiger partial charge is 0.380 e. The number of anilines is 1. The van der Waals surface area contributed by atoms with Crippen molar-refractivity contribution in [2.24, 2.45) is 0 Å². The van der Waals surface area contributed by atoms with Crippen LogP contribution in [0.15, 0.2) is 42.5 Å². The van der Waals surface area contributed by atoms with Crippen molar-refractivity contribution < 1.29 is 14.3 Å². The summed E-state index contributed by atoms with van der Waals surface area (Å²) in [4.78, 5) is 26.4. The number of hydrogen-bond acceptors (Lipinski definition) is 3. The number of nitrogens with zero attached hydrogens (tertiary/aromatic N) is 1. The summed E-state index contributed by atoms with van der Waals surface area (Å²) in [5, 5.41) is 3.42. The lowest BCUT2D eigenvalue weighted by Crippen LogP contribution is -2.29. The van der Waals surface area contributed by atoms with Gasteiger partial charge in [0.25, 0.3) is 5.91 Å². The molecule has 6 heteroatoms. The number of halogens is 1. The van der Waals surface area contributed by atoms with Gasteiger partial charge >= 0.3 is 0 Å². The number of nitrogens with one attached hydrogen (secondary N) is 1. The van der Waals surface area contributed by atoms with Crippen molar-refractivity contribution in [3.63, 3.8) is 0 Å². The second kappa shape index (κ2) is 8.34. The van der Waals surface area contributed by atoms with E-state index in [9.17, 15) is 9.59 Å². The van der Waals surface area contributed by atoms with Gasteiger partial charge in [-0.25, -0.2) is 0 Å². The molecule has 3 rings (SSSR count). The van der Waals surface area contributed by atoms with Crippen LogP contribution in [0.3, 0.4) is 0 Å². The number of methoxy groups -OCH3 is 1. The van der Waals surface area contributed by atoms with Gasteiger partial charge in [0.2, 0.25) is 5.91 Å². The van der Waals surface area contributed by atoms with Crippen molar-refractivity contribution in [2.75, 3.05) is 18.6 Å². The molecule has 0 aliphatic carbocycles. The summed E-state index contributed by atoms with van der Waals surface area (Å²) in [5.41, 5.74) is 3.11. The van der Waals surface area contributed by atoms with E-state index in [0.717, 1.165) is 17.5 Å². The van der Waals surface area contributed by atoms with Crippen molar-refractivity contribution in [2.45, 2.75) is 26.0 Å². The molecule has 2 aromatic rings. The number of carbonyl (C=O) groups excluding carboxylic acids is 2. The first-order valence-corrected chi connectivity index (χ1v) is 8.91. The molecule has 2 aromatic carbocycles. The van der Waals surface area contributed by atoms with Crippen LogP contribution < -0.4 is 10.2 Å². The highest BCUT2D eigenvalue weighted by Gasteiger charge is 2.26. The van der Waals surface area contributed by atoms with Gasteiger partial charge in [-0.05, 0) is 35.7 Å². The molecule has 0 saturated carbocycles. The molecule has 1 aliphatic rings. The number of hydrogen-bond donors (Lipinski definition) is 1. The minimum atomic E-state index is -0.225. The molecule has 0 atom stereocenters. The fourth-order valence-corrected chi connectivity index (χ4v) is 3.19. The Balaban J connectivity index is 1.72. The third-order valence-corrected chi connectivity index (χ3v) is 4.59. The van der Waals surface area contributed by atoms with Crippen LogP contribution in [0.2, 0.25) is 5.02 Å². The zero-order valence-corrected chi connectivity index (χ0v) is 15.4. The van der Waals surface area contributed by atoms with Gasteiger partial charge < -0.3 is 15.0 Å². The Kier molecular flexibility index (Phi) is 5.91. The van der Waals surface area contributed by atoms with Gasteiger partial charge in [-0.2, -0.15) is 0 Å². The monoisotopic (exact) mass is 372 g/mol. The molecule has 2 amide bonds. The minimum absolute atomic E-state index is 0.0232. The van der Waals surface area contributed by atoms with Gasteiger partial charge in [0.1, 0.15) is 0 Å². The lowest BCUT2D eigenvalue weighted by molar-refractivity contribution is -0.117. The standard InChI is InChI=1S/C20H21ClN2O3/c1-26-13-15-6-4-14(5-7-15)12-22-20(25)17-9-8-16(21)11-18(17)23-10-2-3-19(23)24/h4-9,11H,2-3,10,12-13H2,1H3,(H,22,25). The highest BCUT2D eigenvalue weighted by molar-refractivity contribution is 6.31. The molecule has 0 unspecified atom stereocenters. The molecule has 1 fully saturated rings. The molecule has 1 saturated heterocycles. The van der Waals surface area contributed by atoms with E-state index in [0.29, 0.717) is 42.4 Å². The predicted octanol–water partition coefficient (Wildman–Crippen LogP) is 3.54. The Hall–Kier alpha value is -2.37. The fourth-order valence-electron chi connectivity index (χ4n) is 3.02. The first kappa shape index (κ1) is 18.4. The summed E-state index contributed by atoms with van der Waals surface area (Å²) >= 11 is 6.08. The smallest absolute Gasteiger partial charge is 0.253 e. The molecule has 1 heterocycles. The zero-order chi connectivity index (χ0) is 18.5. The van der Waals surface area contributed by atoms with E-state index in [-0.39, 0.29) is 11.8 Å². The molecular formula is C20H21ClN2O3. The van der Waals surface area contributed by atoms with E-state index in [2.05, 4.69) is 5.32 Å². The summed E-state index contributed by atoms with van der Waals surface area (Å²) in [6.45, 7) is 1.58. The third-order valence-electron chi connectivity index (χ3n) is 4.36. The average molecular weight is 373 g/mol. The third kappa shape index (κ3) is 4.23. The SMILES string of the molecule is COCc1ccc(CNC(=O)c2ccc(Cl)cc2N2CCCC2=O)cc1. The Morgan fingerprint density at radius 1 is 1.19 bits per heavy atom. The van der Waals surface area contributed by atoms with Crippen molar-refractivity contribution in [3.05, 3.63) is 64.2 Å². The molecule has 1 aliphatic heterocycles. The molecule has 1 N–H and O–H groups in total. The van der Waals surface area contributed by atoms with Crippen molar-refractivity contribution >= 4 is 29.1 Å². The molecule has 0 radical (unpaired) electrons. The van der Waals surface area contributed by atoms with E-state index in [4.69, 9.17) is 16.3 Å². The van der Waals surface area contributed by atoms with E-state index in [1.54, 1.807) is 30.2 Å². The van der Waals surface area contributed by atoms with Crippen LogP contribution in [0.4, 0.5) is 5.69 Å². The van der Waals surface area contributed by atoms with Gasteiger partial charge in [-0.3, -0.25) is 9.59 Å². The maximum atomic E-state index is 12.7. The molecule has 0 bridgehead atoms. The van der Waals surface area contributed by atoms with Gasteiger partial charge in [0.15, 0.2) is 0 Å². The van der Waals surface area contributed by atoms with Crippen LogP contribution in [0.1, 0.15) is 34.3 Å². The van der Waals surface area contributed by atoms with Crippen LogP contribution in [0.5, 0.6) is 0 Å². The van der Waals surface area contributed by atoms with Crippen molar-refractivity contribution in [1.82, 2.24) is 5.32 Å². The molecule has 0 aromatic heterocycles. The van der Waals surface area contributed by atoms with Gasteiger partial charge in [0, 0.05) is 31.6 Å². The number of ether oxygens (including phenoxy) is 1. The highest BCUT2D eigenvalue weighted by atomic mass is 35.5. The van der Waals surface area contributed by atoms with Crippen molar-refractivity contribution in [3.8, 4) is 0 Å². The molecule has 5 nitrogen and oxygen atoms in total. The fraction of sp³-hybridized carbons (Fsp3) is 0.300. The summed E-state index contributed by atoms with van der Waals surface area (Å²) in [5.74, 6) is -0.201. The van der Waals surface area contributed by atoms with E-state index in [1.165, 1.54) is 0 Å². The number of amides is 2. The Morgan fingerprint density at radius 3 is 2.58 bits per heavy atom. The maximum Gasteiger partial charge on any atom is 0.253 e. The lowest BCUT2D eigenvalue weighted by atomic mass is 10.1. The Morgan fingerprint density at radius 2 is 1.92 bits per heavy atom. The van der Waals surface area contributed by atoms with E-state index in [1.807, 2.05) is 24.3 Å². The van der Waals surface area contributed by atoms with Crippen LogP contribution in [-0.4, -0.2) is 25.5 Å². The summed E-state index contributed by atoms with van der Waals surface area (Å²) < 4.78 is 5.09. The normalized spacial score (nSPS) is 13.9. The Labute approximate surface area is 157 Å². The average Bonchev–Trinajstić information content (AvgIpc) is 3.07. The summed E-state index contributed by atoms with van der Waals surface area (Å²) in [6.07, 6.45) is 1.29. The first-order chi connectivity index (χ1) is 12.6. The highest BCUT2D eigenvalue weighted by Crippen LogP contribution is 2.28. The quantitative estimate of drug-likeness (QED) is 0.843. The van der Waals surface area contributed by atoms with E-state index < -0.39 is 0 Å². The van der Waals surface area contributed by atoms with Gasteiger partial charge in [-0.1, -0.05) is 35.9 Å². The summed E-state index contributed by atoms with van der Waals surface area (Å²) in [6, 6.07) is 12.9. The predicted molar refractivity (Wildman–Crippen MR) is 101 cm³/mol. The maximum absolute atomic E-state index is 12.7. The van der Waals surface area contributed by atoms with Crippen LogP contribution in [0.25, 0.3) is 0 Å². The van der Waals surface area contributed by atoms with Crippen LogP contribution in [0, 0.1) is 0 Å². The first-order valence-electron chi connectivity index (χ1n) is 8.53. The molecule has 26 heavy (non-hydrogen) atoms. The molecular weight excluding hydrogens is 352 g/mol. The van der Waals surface area contributed by atoms with Gasteiger partial charge in [-0.15, -0.1) is 0 Å². The topological polar surface area (TPSA) is 58.6 Å². The van der Waals surface area contributed by atoms with Crippen LogP contribution >= 0.6 is 11.6 Å². The molecule has 136 valence electrons. The lowest BCUT2D eigenvalue weighted by Gasteiger charge is -2.19. The number of carbonyl (C=O) groups is 2. The van der Waals surface area contributed by atoms with E-state index >= 15 is 0 Å². The van der Waals surface area contributed by atoms with Crippen molar-refractivity contribution in [1.29, 1.82) is 0 Å². The second-order valence-electron chi connectivity index (χ2n) is 6.24. The van der Waals surface area contributed by atoms with Gasteiger partial charge in [0.05, 0.1) is 17.9 Å².